The lowest BCUT2D eigenvalue weighted by Crippen LogP contribution is -2.06. The van der Waals surface area contributed by atoms with Crippen LogP contribution in [0.2, 0.25) is 0 Å². The Morgan fingerprint density at radius 2 is 1.76 bits per heavy atom. The fraction of sp³-hybridized carbons (Fsp3) is 0.136. The normalized spacial score (nSPS) is 10.5. The minimum Gasteiger partial charge on any atom is -0.490 e. The van der Waals surface area contributed by atoms with Crippen molar-refractivity contribution in [1.29, 1.82) is 5.26 Å². The van der Waals surface area contributed by atoms with Gasteiger partial charge in [0.1, 0.15) is 11.8 Å². The first-order valence-electron chi connectivity index (χ1n) is 8.23. The Morgan fingerprint density at radius 3 is 2.40 bits per heavy atom. The summed E-state index contributed by atoms with van der Waals surface area (Å²) in [7, 11) is 0. The number of para-hydroxylation sites is 1. The summed E-state index contributed by atoms with van der Waals surface area (Å²) in [6.45, 7) is 7.76. The van der Waals surface area contributed by atoms with E-state index in [0.717, 1.165) is 28.1 Å². The zero-order valence-corrected chi connectivity index (χ0v) is 14.4. The third kappa shape index (κ3) is 3.49. The predicted octanol–water partition coefficient (Wildman–Crippen LogP) is 5.45. The van der Waals surface area contributed by atoms with Gasteiger partial charge in [0.2, 0.25) is 0 Å². The first kappa shape index (κ1) is 16.6. The second kappa shape index (κ2) is 7.11. The Labute approximate surface area is 148 Å². The van der Waals surface area contributed by atoms with Crippen LogP contribution in [0.25, 0.3) is 22.9 Å². The summed E-state index contributed by atoms with van der Waals surface area (Å²) in [6.07, 6.45) is 5.71. The number of benzene rings is 2. The highest BCUT2D eigenvalue weighted by molar-refractivity contribution is 5.76. The van der Waals surface area contributed by atoms with Gasteiger partial charge >= 0.3 is 0 Å². The number of nitrogens with zero attached hydrogens (tertiary/aromatic N) is 2. The first-order valence-corrected chi connectivity index (χ1v) is 8.23. The van der Waals surface area contributed by atoms with E-state index in [0.29, 0.717) is 5.56 Å². The molecule has 0 aliphatic carbocycles. The summed E-state index contributed by atoms with van der Waals surface area (Å²) < 4.78 is 7.88. The van der Waals surface area contributed by atoms with Crippen LogP contribution in [-0.2, 0) is 0 Å². The summed E-state index contributed by atoms with van der Waals surface area (Å²) >= 11 is 0. The topological polar surface area (TPSA) is 38.0 Å². The van der Waals surface area contributed by atoms with Gasteiger partial charge in [0.15, 0.2) is 0 Å². The monoisotopic (exact) mass is 328 g/mol. The molecule has 0 atom stereocenters. The zero-order chi connectivity index (χ0) is 17.8. The number of hydrogen-bond donors (Lipinski definition) is 0. The maximum atomic E-state index is 9.58. The second-order valence-corrected chi connectivity index (χ2v) is 6.06. The molecular weight excluding hydrogens is 308 g/mol. The van der Waals surface area contributed by atoms with Gasteiger partial charge in [0.05, 0.1) is 11.7 Å². The molecular formula is C22H20N2O. The highest BCUT2D eigenvalue weighted by atomic mass is 16.5. The van der Waals surface area contributed by atoms with Crippen LogP contribution in [0.1, 0.15) is 25.0 Å². The lowest BCUT2D eigenvalue weighted by atomic mass is 10.0. The standard InChI is InChI=1S/C22H20N2O/c1-4-17-9-11-19(12-10-17)24-14-18(13-23)21(15-24)20-7-5-6-8-22(20)25-16(2)3/h4-12,14-16H,1H2,2-3H3. The maximum Gasteiger partial charge on any atom is 0.127 e. The summed E-state index contributed by atoms with van der Waals surface area (Å²) in [6, 6.07) is 18.2. The van der Waals surface area contributed by atoms with Crippen molar-refractivity contribution in [2.24, 2.45) is 0 Å². The van der Waals surface area contributed by atoms with Gasteiger partial charge in [-0.1, -0.05) is 43.0 Å². The van der Waals surface area contributed by atoms with E-state index in [1.807, 2.05) is 85.4 Å². The average Bonchev–Trinajstić information content (AvgIpc) is 3.06. The third-order valence-corrected chi connectivity index (χ3v) is 3.91. The van der Waals surface area contributed by atoms with Crippen LogP contribution in [0.4, 0.5) is 0 Å². The largest absolute Gasteiger partial charge is 0.490 e. The Bertz CT molecular complexity index is 927. The Balaban J connectivity index is 2.08. The quantitative estimate of drug-likeness (QED) is 0.625. The molecule has 0 aliphatic rings. The van der Waals surface area contributed by atoms with Crippen molar-refractivity contribution in [3.8, 4) is 28.6 Å². The Morgan fingerprint density at radius 1 is 1.04 bits per heavy atom. The second-order valence-electron chi connectivity index (χ2n) is 6.06. The van der Waals surface area contributed by atoms with Gasteiger partial charge < -0.3 is 9.30 Å². The predicted molar refractivity (Wildman–Crippen MR) is 102 cm³/mol. The molecule has 124 valence electrons. The van der Waals surface area contributed by atoms with E-state index in [9.17, 15) is 5.26 Å². The Hall–Kier alpha value is -3.25. The molecule has 3 nitrogen and oxygen atoms in total. The van der Waals surface area contributed by atoms with E-state index in [1.54, 1.807) is 0 Å². The molecule has 0 aliphatic heterocycles. The van der Waals surface area contributed by atoms with Crippen LogP contribution in [0.5, 0.6) is 5.75 Å². The third-order valence-electron chi connectivity index (χ3n) is 3.91. The number of rotatable bonds is 5. The van der Waals surface area contributed by atoms with Crippen molar-refractivity contribution in [1.82, 2.24) is 4.57 Å². The van der Waals surface area contributed by atoms with E-state index in [4.69, 9.17) is 4.74 Å². The van der Waals surface area contributed by atoms with Crippen molar-refractivity contribution in [3.05, 3.63) is 78.6 Å². The summed E-state index contributed by atoms with van der Waals surface area (Å²) in [4.78, 5) is 0. The summed E-state index contributed by atoms with van der Waals surface area (Å²) in [5.74, 6) is 0.786. The average molecular weight is 328 g/mol. The highest BCUT2D eigenvalue weighted by Crippen LogP contribution is 2.34. The smallest absolute Gasteiger partial charge is 0.127 e. The fourth-order valence-corrected chi connectivity index (χ4v) is 2.74. The lowest BCUT2D eigenvalue weighted by molar-refractivity contribution is 0.243. The van der Waals surface area contributed by atoms with Gasteiger partial charge in [-0.05, 0) is 37.6 Å². The molecule has 0 spiro atoms. The molecule has 0 radical (unpaired) electrons. The van der Waals surface area contributed by atoms with Crippen molar-refractivity contribution in [2.45, 2.75) is 20.0 Å². The molecule has 0 bridgehead atoms. The van der Waals surface area contributed by atoms with Gasteiger partial charge in [0.25, 0.3) is 0 Å². The highest BCUT2D eigenvalue weighted by Gasteiger charge is 2.14. The number of ether oxygens (including phenoxy) is 1. The van der Waals surface area contributed by atoms with E-state index in [1.165, 1.54) is 0 Å². The van der Waals surface area contributed by atoms with Crippen LogP contribution in [0, 0.1) is 11.3 Å². The molecule has 0 saturated heterocycles. The molecule has 2 aromatic carbocycles. The molecule has 3 aromatic rings. The molecule has 0 N–H and O–H groups in total. The van der Waals surface area contributed by atoms with E-state index >= 15 is 0 Å². The molecule has 0 saturated carbocycles. The molecule has 0 unspecified atom stereocenters. The molecule has 0 amide bonds. The van der Waals surface area contributed by atoms with Crippen LogP contribution >= 0.6 is 0 Å². The van der Waals surface area contributed by atoms with Crippen LogP contribution in [0.15, 0.2) is 67.5 Å². The van der Waals surface area contributed by atoms with Crippen LogP contribution < -0.4 is 4.74 Å². The van der Waals surface area contributed by atoms with Crippen LogP contribution in [0.3, 0.4) is 0 Å². The van der Waals surface area contributed by atoms with Crippen molar-refractivity contribution < 1.29 is 4.74 Å². The summed E-state index contributed by atoms with van der Waals surface area (Å²) in [5, 5.41) is 9.58. The molecule has 1 aromatic heterocycles. The molecule has 25 heavy (non-hydrogen) atoms. The van der Waals surface area contributed by atoms with E-state index < -0.39 is 0 Å². The maximum absolute atomic E-state index is 9.58. The summed E-state index contributed by atoms with van der Waals surface area (Å²) in [5.41, 5.74) is 4.47. The first-order chi connectivity index (χ1) is 12.1. The zero-order valence-electron chi connectivity index (χ0n) is 14.4. The number of aromatic nitrogens is 1. The van der Waals surface area contributed by atoms with Gasteiger partial charge in [-0.3, -0.25) is 0 Å². The fourth-order valence-electron chi connectivity index (χ4n) is 2.74. The van der Waals surface area contributed by atoms with Crippen molar-refractivity contribution in [2.75, 3.05) is 0 Å². The van der Waals surface area contributed by atoms with E-state index in [-0.39, 0.29) is 6.10 Å². The SMILES string of the molecule is C=Cc1ccc(-n2cc(C#N)c(-c3ccccc3OC(C)C)c2)cc1. The number of hydrogen-bond acceptors (Lipinski definition) is 2. The van der Waals surface area contributed by atoms with Gasteiger partial charge in [-0.2, -0.15) is 5.26 Å². The van der Waals surface area contributed by atoms with Gasteiger partial charge in [-0.25, -0.2) is 0 Å². The minimum absolute atomic E-state index is 0.0696. The van der Waals surface area contributed by atoms with Crippen molar-refractivity contribution >= 4 is 6.08 Å². The van der Waals surface area contributed by atoms with Crippen LogP contribution in [-0.4, -0.2) is 10.7 Å². The molecule has 0 fully saturated rings. The van der Waals surface area contributed by atoms with Gasteiger partial charge in [-0.15, -0.1) is 0 Å². The van der Waals surface area contributed by atoms with E-state index in [2.05, 4.69) is 12.6 Å². The molecule has 3 heteroatoms. The Kier molecular flexibility index (Phi) is 4.72. The number of nitriles is 1. The lowest BCUT2D eigenvalue weighted by Gasteiger charge is -2.13. The van der Waals surface area contributed by atoms with Crippen molar-refractivity contribution in [3.63, 3.8) is 0 Å². The van der Waals surface area contributed by atoms with Gasteiger partial charge in [0, 0.05) is 29.2 Å². The molecule has 3 rings (SSSR count). The molecule has 1 heterocycles. The minimum atomic E-state index is 0.0696.